The number of halogens is 1. The molecule has 5 nitrogen and oxygen atoms in total. The second kappa shape index (κ2) is 7.26. The molecular weight excluding hydrogens is 275 g/mol. The lowest BCUT2D eigenvalue weighted by Gasteiger charge is -2.27. The highest BCUT2D eigenvalue weighted by molar-refractivity contribution is 5.91. The second-order valence-corrected chi connectivity index (χ2v) is 5.46. The van der Waals surface area contributed by atoms with Crippen molar-refractivity contribution < 1.29 is 19.0 Å². The predicted octanol–water partition coefficient (Wildman–Crippen LogP) is 2.90. The van der Waals surface area contributed by atoms with Gasteiger partial charge in [0.2, 0.25) is 0 Å². The fourth-order valence-corrected chi connectivity index (χ4v) is 1.62. The molecule has 0 spiro atoms. The molecule has 3 N–H and O–H groups in total. The third-order valence-electron chi connectivity index (χ3n) is 3.10. The van der Waals surface area contributed by atoms with Gasteiger partial charge < -0.3 is 20.5 Å². The van der Waals surface area contributed by atoms with Gasteiger partial charge in [0.1, 0.15) is 11.6 Å². The number of ether oxygens (including phenoxy) is 1. The van der Waals surface area contributed by atoms with Gasteiger partial charge >= 0.3 is 6.03 Å². The van der Waals surface area contributed by atoms with E-state index in [1.54, 1.807) is 6.92 Å². The number of urea groups is 1. The standard InChI is InChI=1S/C15H23FN2O3/c1-5-15(4,9-19)18-14(20)17-12-8-11(16)6-7-13(12)21-10(2)3/h6-8,10,19H,5,9H2,1-4H3,(H2,17,18,20). The van der Waals surface area contributed by atoms with Gasteiger partial charge in [0.25, 0.3) is 0 Å². The molecule has 1 aromatic carbocycles. The van der Waals surface area contributed by atoms with Crippen LogP contribution in [0.4, 0.5) is 14.9 Å². The van der Waals surface area contributed by atoms with Crippen molar-refractivity contribution in [2.24, 2.45) is 0 Å². The summed E-state index contributed by atoms with van der Waals surface area (Å²) in [5.74, 6) is -0.0782. The van der Waals surface area contributed by atoms with Crippen molar-refractivity contribution in [1.29, 1.82) is 0 Å². The van der Waals surface area contributed by atoms with Crippen LogP contribution in [0.1, 0.15) is 34.1 Å². The Morgan fingerprint density at radius 2 is 2.14 bits per heavy atom. The Morgan fingerprint density at radius 3 is 2.67 bits per heavy atom. The van der Waals surface area contributed by atoms with Gasteiger partial charge in [0, 0.05) is 6.07 Å². The van der Waals surface area contributed by atoms with Crippen molar-refractivity contribution in [3.63, 3.8) is 0 Å². The number of carbonyl (C=O) groups is 1. The van der Waals surface area contributed by atoms with Crippen LogP contribution in [0, 0.1) is 5.82 Å². The van der Waals surface area contributed by atoms with Crippen molar-refractivity contribution in [3.8, 4) is 5.75 Å². The van der Waals surface area contributed by atoms with E-state index in [2.05, 4.69) is 10.6 Å². The highest BCUT2D eigenvalue weighted by Gasteiger charge is 2.23. The van der Waals surface area contributed by atoms with E-state index in [0.717, 1.165) is 0 Å². The molecule has 1 rings (SSSR count). The van der Waals surface area contributed by atoms with E-state index < -0.39 is 17.4 Å². The lowest BCUT2D eigenvalue weighted by Crippen LogP contribution is -2.50. The molecule has 0 radical (unpaired) electrons. The van der Waals surface area contributed by atoms with Crippen LogP contribution in [0.5, 0.6) is 5.75 Å². The van der Waals surface area contributed by atoms with Crippen LogP contribution in [-0.2, 0) is 0 Å². The highest BCUT2D eigenvalue weighted by atomic mass is 19.1. The molecule has 1 atom stereocenters. The van der Waals surface area contributed by atoms with E-state index in [-0.39, 0.29) is 18.4 Å². The first-order valence-corrected chi connectivity index (χ1v) is 6.96. The molecule has 0 saturated heterocycles. The van der Waals surface area contributed by atoms with Crippen LogP contribution in [0.3, 0.4) is 0 Å². The van der Waals surface area contributed by atoms with Crippen LogP contribution < -0.4 is 15.4 Å². The maximum Gasteiger partial charge on any atom is 0.319 e. The molecule has 2 amide bonds. The summed E-state index contributed by atoms with van der Waals surface area (Å²) in [6.45, 7) is 7.07. The van der Waals surface area contributed by atoms with E-state index in [1.807, 2.05) is 20.8 Å². The zero-order valence-corrected chi connectivity index (χ0v) is 12.9. The Labute approximate surface area is 124 Å². The van der Waals surface area contributed by atoms with Crippen LogP contribution in [0.15, 0.2) is 18.2 Å². The summed E-state index contributed by atoms with van der Waals surface area (Å²) in [6, 6.07) is 3.41. The van der Waals surface area contributed by atoms with Gasteiger partial charge in [0.15, 0.2) is 0 Å². The van der Waals surface area contributed by atoms with Gasteiger partial charge in [-0.05, 0) is 39.3 Å². The molecule has 0 aliphatic rings. The lowest BCUT2D eigenvalue weighted by atomic mass is 10.0. The molecule has 0 aromatic heterocycles. The average molecular weight is 298 g/mol. The summed E-state index contributed by atoms with van der Waals surface area (Å²) in [4.78, 5) is 12.0. The summed E-state index contributed by atoms with van der Waals surface area (Å²) < 4.78 is 18.9. The van der Waals surface area contributed by atoms with E-state index >= 15 is 0 Å². The highest BCUT2D eigenvalue weighted by Crippen LogP contribution is 2.26. The monoisotopic (exact) mass is 298 g/mol. The van der Waals surface area contributed by atoms with Crippen LogP contribution in [0.25, 0.3) is 0 Å². The lowest BCUT2D eigenvalue weighted by molar-refractivity contribution is 0.172. The van der Waals surface area contributed by atoms with E-state index in [9.17, 15) is 14.3 Å². The van der Waals surface area contributed by atoms with Crippen molar-refractivity contribution in [2.45, 2.75) is 45.8 Å². The Kier molecular flexibility index (Phi) is 5.96. The van der Waals surface area contributed by atoms with Crippen LogP contribution >= 0.6 is 0 Å². The number of aliphatic hydroxyl groups is 1. The van der Waals surface area contributed by atoms with Gasteiger partial charge in [-0.2, -0.15) is 0 Å². The zero-order chi connectivity index (χ0) is 16.0. The number of anilines is 1. The van der Waals surface area contributed by atoms with Crippen molar-refractivity contribution in [3.05, 3.63) is 24.0 Å². The third kappa shape index (κ3) is 5.23. The molecular formula is C15H23FN2O3. The Hall–Kier alpha value is -1.82. The van der Waals surface area contributed by atoms with Gasteiger partial charge in [0.05, 0.1) is 23.9 Å². The van der Waals surface area contributed by atoms with E-state index in [4.69, 9.17) is 4.74 Å². The molecule has 1 aromatic rings. The summed E-state index contributed by atoms with van der Waals surface area (Å²) in [7, 11) is 0. The molecule has 0 bridgehead atoms. The van der Waals surface area contributed by atoms with Crippen LogP contribution in [0.2, 0.25) is 0 Å². The molecule has 0 heterocycles. The summed E-state index contributed by atoms with van der Waals surface area (Å²) in [5.41, 5.74) is -0.478. The minimum atomic E-state index is -0.726. The minimum Gasteiger partial charge on any atom is -0.489 e. The average Bonchev–Trinajstić information content (AvgIpc) is 2.41. The number of hydrogen-bond acceptors (Lipinski definition) is 3. The SMILES string of the molecule is CCC(C)(CO)NC(=O)Nc1cc(F)ccc1OC(C)C. The van der Waals surface area contributed by atoms with E-state index in [1.165, 1.54) is 18.2 Å². The minimum absolute atomic E-state index is 0.0996. The fourth-order valence-electron chi connectivity index (χ4n) is 1.62. The zero-order valence-electron chi connectivity index (χ0n) is 12.9. The maximum atomic E-state index is 13.3. The van der Waals surface area contributed by atoms with Crippen molar-refractivity contribution in [2.75, 3.05) is 11.9 Å². The Balaban J connectivity index is 2.86. The molecule has 21 heavy (non-hydrogen) atoms. The molecule has 6 heteroatoms. The molecule has 118 valence electrons. The second-order valence-electron chi connectivity index (χ2n) is 5.46. The first-order chi connectivity index (χ1) is 9.79. The molecule has 1 unspecified atom stereocenters. The van der Waals surface area contributed by atoms with Gasteiger partial charge in [-0.25, -0.2) is 9.18 Å². The Morgan fingerprint density at radius 1 is 1.48 bits per heavy atom. The van der Waals surface area contributed by atoms with Gasteiger partial charge in [-0.15, -0.1) is 0 Å². The number of benzene rings is 1. The number of aliphatic hydroxyl groups excluding tert-OH is 1. The number of hydrogen-bond donors (Lipinski definition) is 3. The van der Waals surface area contributed by atoms with Crippen LogP contribution in [-0.4, -0.2) is 29.4 Å². The number of nitrogens with one attached hydrogen (secondary N) is 2. The molecule has 0 aliphatic carbocycles. The molecule has 0 aliphatic heterocycles. The quantitative estimate of drug-likeness (QED) is 0.756. The normalized spacial score (nSPS) is 13.7. The summed E-state index contributed by atoms with van der Waals surface area (Å²) in [6.07, 6.45) is 0.465. The number of carbonyl (C=O) groups excluding carboxylic acids is 1. The largest absolute Gasteiger partial charge is 0.489 e. The predicted molar refractivity (Wildman–Crippen MR) is 80.1 cm³/mol. The molecule has 0 fully saturated rings. The topological polar surface area (TPSA) is 70.6 Å². The first kappa shape index (κ1) is 17.2. The Bertz CT molecular complexity index is 488. The first-order valence-electron chi connectivity index (χ1n) is 6.96. The fraction of sp³-hybridized carbons (Fsp3) is 0.533. The van der Waals surface area contributed by atoms with Crippen molar-refractivity contribution in [1.82, 2.24) is 5.32 Å². The number of amides is 2. The maximum absolute atomic E-state index is 13.3. The third-order valence-corrected chi connectivity index (χ3v) is 3.10. The van der Waals surface area contributed by atoms with E-state index in [0.29, 0.717) is 12.2 Å². The smallest absolute Gasteiger partial charge is 0.319 e. The van der Waals surface area contributed by atoms with Gasteiger partial charge in [-0.1, -0.05) is 6.92 Å². The summed E-state index contributed by atoms with van der Waals surface area (Å²) in [5, 5.41) is 14.5. The summed E-state index contributed by atoms with van der Waals surface area (Å²) >= 11 is 0. The number of rotatable bonds is 6. The van der Waals surface area contributed by atoms with Gasteiger partial charge in [-0.3, -0.25) is 0 Å². The molecule has 0 saturated carbocycles. The van der Waals surface area contributed by atoms with Crippen molar-refractivity contribution >= 4 is 11.7 Å².